The highest BCUT2D eigenvalue weighted by molar-refractivity contribution is 5.92. The molecule has 0 unspecified atom stereocenters. The summed E-state index contributed by atoms with van der Waals surface area (Å²) < 4.78 is 5.98. The van der Waals surface area contributed by atoms with Crippen molar-refractivity contribution >= 4 is 11.7 Å². The van der Waals surface area contributed by atoms with Crippen LogP contribution < -0.4 is 5.73 Å². The number of hydrogen-bond donors (Lipinski definition) is 1. The van der Waals surface area contributed by atoms with E-state index in [1.54, 1.807) is 6.20 Å². The Morgan fingerprint density at radius 2 is 2.11 bits per heavy atom. The summed E-state index contributed by atoms with van der Waals surface area (Å²) in [4.78, 5) is 19.9. The van der Waals surface area contributed by atoms with Crippen LogP contribution in [0.25, 0.3) is 5.82 Å². The fourth-order valence-electron chi connectivity index (χ4n) is 1.40. The van der Waals surface area contributed by atoms with Gasteiger partial charge in [-0.05, 0) is 13.8 Å². The number of nitrogens with two attached hydrogens (primary N) is 1. The maximum Gasteiger partial charge on any atom is 0.360 e. The number of anilines is 1. The van der Waals surface area contributed by atoms with Gasteiger partial charge in [-0.2, -0.15) is 5.10 Å². The van der Waals surface area contributed by atoms with Crippen molar-refractivity contribution in [3.63, 3.8) is 0 Å². The Bertz CT molecular complexity index is 605. The number of rotatable bonds is 2. The maximum atomic E-state index is 11.4. The van der Waals surface area contributed by atoms with Crippen molar-refractivity contribution in [3.05, 3.63) is 29.5 Å². The minimum atomic E-state index is -0.581. The summed E-state index contributed by atoms with van der Waals surface area (Å²) in [5.74, 6) is -0.0806. The summed E-state index contributed by atoms with van der Waals surface area (Å²) in [6.07, 6.45) is 3.07. The van der Waals surface area contributed by atoms with Crippen molar-refractivity contribution < 1.29 is 9.53 Å². The van der Waals surface area contributed by atoms with Gasteiger partial charge in [0.05, 0.1) is 36.6 Å². The summed E-state index contributed by atoms with van der Waals surface area (Å²) in [6.45, 7) is 3.71. The Kier molecular flexibility index (Phi) is 2.97. The summed E-state index contributed by atoms with van der Waals surface area (Å²) >= 11 is 0. The zero-order valence-corrected chi connectivity index (χ0v) is 10.3. The molecule has 2 aromatic heterocycles. The number of methoxy groups -OCH3 is 1. The Balaban J connectivity index is 2.45. The second kappa shape index (κ2) is 4.44. The molecule has 94 valence electrons. The largest absolute Gasteiger partial charge is 0.464 e. The first-order chi connectivity index (χ1) is 8.52. The van der Waals surface area contributed by atoms with E-state index in [2.05, 4.69) is 19.8 Å². The van der Waals surface area contributed by atoms with Gasteiger partial charge in [0.15, 0.2) is 11.5 Å². The number of carbonyl (C=O) groups is 1. The third-order valence-corrected chi connectivity index (χ3v) is 2.54. The minimum absolute atomic E-state index is 0.0672. The van der Waals surface area contributed by atoms with Gasteiger partial charge in [-0.1, -0.05) is 0 Å². The average Bonchev–Trinajstić information content (AvgIpc) is 2.74. The Hall–Kier alpha value is -2.44. The molecule has 0 fully saturated rings. The summed E-state index contributed by atoms with van der Waals surface area (Å²) in [5.41, 5.74) is 7.63. The van der Waals surface area contributed by atoms with Crippen LogP contribution in [0.3, 0.4) is 0 Å². The predicted molar refractivity (Wildman–Crippen MR) is 64.4 cm³/mol. The van der Waals surface area contributed by atoms with E-state index in [0.717, 1.165) is 11.4 Å². The number of aromatic nitrogens is 4. The maximum absolute atomic E-state index is 11.4. The lowest BCUT2D eigenvalue weighted by Gasteiger charge is -2.02. The van der Waals surface area contributed by atoms with Crippen molar-refractivity contribution in [2.75, 3.05) is 12.8 Å². The van der Waals surface area contributed by atoms with Crippen molar-refractivity contribution in [2.24, 2.45) is 0 Å². The van der Waals surface area contributed by atoms with Crippen LogP contribution in [-0.4, -0.2) is 32.8 Å². The van der Waals surface area contributed by atoms with Crippen molar-refractivity contribution in [1.29, 1.82) is 0 Å². The van der Waals surface area contributed by atoms with Crippen LogP contribution >= 0.6 is 0 Å². The molecule has 0 bridgehead atoms. The van der Waals surface area contributed by atoms with Crippen LogP contribution in [0.1, 0.15) is 21.9 Å². The van der Waals surface area contributed by atoms with E-state index in [0.29, 0.717) is 5.82 Å². The van der Waals surface area contributed by atoms with Crippen LogP contribution in [0.2, 0.25) is 0 Å². The lowest BCUT2D eigenvalue weighted by molar-refractivity contribution is 0.0594. The van der Waals surface area contributed by atoms with Gasteiger partial charge < -0.3 is 10.5 Å². The van der Waals surface area contributed by atoms with E-state index in [1.165, 1.54) is 18.0 Å². The third-order valence-electron chi connectivity index (χ3n) is 2.54. The predicted octanol–water partition coefficient (Wildman–Crippen LogP) is 0.648. The lowest BCUT2D eigenvalue weighted by atomic mass is 10.3. The first-order valence-electron chi connectivity index (χ1n) is 5.27. The number of aryl methyl sites for hydroxylation is 2. The van der Waals surface area contributed by atoms with Crippen LogP contribution in [0.5, 0.6) is 0 Å². The molecule has 0 amide bonds. The van der Waals surface area contributed by atoms with Crippen LogP contribution in [-0.2, 0) is 4.74 Å². The zero-order valence-electron chi connectivity index (χ0n) is 10.3. The number of ether oxygens (including phenoxy) is 1. The summed E-state index contributed by atoms with van der Waals surface area (Å²) in [5, 5.41) is 4.04. The molecular formula is C11H13N5O2. The van der Waals surface area contributed by atoms with Gasteiger partial charge in [0.25, 0.3) is 0 Å². The Morgan fingerprint density at radius 3 is 2.72 bits per heavy atom. The normalized spacial score (nSPS) is 10.4. The van der Waals surface area contributed by atoms with E-state index in [-0.39, 0.29) is 11.4 Å². The molecule has 2 aromatic rings. The van der Waals surface area contributed by atoms with Crippen molar-refractivity contribution in [2.45, 2.75) is 13.8 Å². The van der Waals surface area contributed by atoms with E-state index in [4.69, 9.17) is 5.73 Å². The fourth-order valence-corrected chi connectivity index (χ4v) is 1.40. The van der Waals surface area contributed by atoms with Crippen LogP contribution in [0.15, 0.2) is 12.4 Å². The molecule has 18 heavy (non-hydrogen) atoms. The molecular weight excluding hydrogens is 234 g/mol. The smallest absolute Gasteiger partial charge is 0.360 e. The highest BCUT2D eigenvalue weighted by Gasteiger charge is 2.16. The number of hydrogen-bond acceptors (Lipinski definition) is 6. The van der Waals surface area contributed by atoms with E-state index in [1.807, 2.05) is 13.8 Å². The molecule has 0 aliphatic carbocycles. The number of esters is 1. The monoisotopic (exact) mass is 247 g/mol. The first kappa shape index (κ1) is 12.0. The number of carbonyl (C=O) groups excluding carboxylic acids is 1. The van der Waals surface area contributed by atoms with Crippen molar-refractivity contribution in [1.82, 2.24) is 19.7 Å². The standard InChI is InChI=1S/C11H13N5O2/c1-6-7(2)14-9(4-13-6)16-5-8(12)10(15-16)11(17)18-3/h4-5H,12H2,1-3H3. The van der Waals surface area contributed by atoms with E-state index in [9.17, 15) is 4.79 Å². The van der Waals surface area contributed by atoms with Gasteiger partial charge in [0.2, 0.25) is 0 Å². The molecule has 2 N–H and O–H groups in total. The lowest BCUT2D eigenvalue weighted by Crippen LogP contribution is -2.07. The van der Waals surface area contributed by atoms with E-state index >= 15 is 0 Å². The molecule has 0 atom stereocenters. The third kappa shape index (κ3) is 2.02. The highest BCUT2D eigenvalue weighted by atomic mass is 16.5. The SMILES string of the molecule is COC(=O)c1nn(-c2cnc(C)c(C)n2)cc1N. The van der Waals surface area contributed by atoms with E-state index < -0.39 is 5.97 Å². The molecule has 2 rings (SSSR count). The summed E-state index contributed by atoms with van der Waals surface area (Å²) in [7, 11) is 1.27. The van der Waals surface area contributed by atoms with Gasteiger partial charge in [-0.3, -0.25) is 4.98 Å². The Labute approximate surface area is 104 Å². The molecule has 7 heteroatoms. The zero-order chi connectivity index (χ0) is 13.3. The molecule has 7 nitrogen and oxygen atoms in total. The molecule has 0 saturated heterocycles. The molecule has 0 aliphatic heterocycles. The highest BCUT2D eigenvalue weighted by Crippen LogP contribution is 2.14. The second-order valence-electron chi connectivity index (χ2n) is 3.77. The van der Waals surface area contributed by atoms with Gasteiger partial charge in [0.1, 0.15) is 0 Å². The molecule has 0 saturated carbocycles. The van der Waals surface area contributed by atoms with Crippen LogP contribution in [0, 0.1) is 13.8 Å². The summed E-state index contributed by atoms with van der Waals surface area (Å²) in [6, 6.07) is 0. The average molecular weight is 247 g/mol. The van der Waals surface area contributed by atoms with Gasteiger partial charge in [-0.25, -0.2) is 14.5 Å². The van der Waals surface area contributed by atoms with Gasteiger partial charge in [-0.15, -0.1) is 0 Å². The molecule has 0 aromatic carbocycles. The number of nitrogen functional groups attached to an aromatic ring is 1. The second-order valence-corrected chi connectivity index (χ2v) is 3.77. The molecule has 0 aliphatic rings. The molecule has 0 spiro atoms. The first-order valence-corrected chi connectivity index (χ1v) is 5.27. The molecule has 2 heterocycles. The quantitative estimate of drug-likeness (QED) is 0.782. The topological polar surface area (TPSA) is 95.9 Å². The number of nitrogens with zero attached hydrogens (tertiary/aromatic N) is 4. The Morgan fingerprint density at radius 1 is 1.39 bits per heavy atom. The van der Waals surface area contributed by atoms with Gasteiger partial charge >= 0.3 is 5.97 Å². The molecule has 0 radical (unpaired) electrons. The van der Waals surface area contributed by atoms with Crippen LogP contribution in [0.4, 0.5) is 5.69 Å². The van der Waals surface area contributed by atoms with Crippen molar-refractivity contribution in [3.8, 4) is 5.82 Å². The minimum Gasteiger partial charge on any atom is -0.464 e. The fraction of sp³-hybridized carbons (Fsp3) is 0.273. The van der Waals surface area contributed by atoms with Gasteiger partial charge in [0, 0.05) is 0 Å².